The number of ether oxygens (including phenoxy) is 1. The minimum atomic E-state index is 0.311. The summed E-state index contributed by atoms with van der Waals surface area (Å²) in [5.74, 6) is 0. The summed E-state index contributed by atoms with van der Waals surface area (Å²) in [4.78, 5) is 0. The Morgan fingerprint density at radius 2 is 1.92 bits per heavy atom. The Morgan fingerprint density at radius 1 is 1.31 bits per heavy atom. The number of benzene rings is 1. The molecule has 0 amide bonds. The molecule has 1 unspecified atom stereocenters. The van der Waals surface area contributed by atoms with Gasteiger partial charge in [0.05, 0.1) is 6.10 Å². The molecule has 0 saturated heterocycles. The van der Waals surface area contributed by atoms with Crippen molar-refractivity contribution in [2.24, 2.45) is 0 Å². The van der Waals surface area contributed by atoms with Gasteiger partial charge in [-0.15, -0.1) is 0 Å². The van der Waals surface area contributed by atoms with Crippen LogP contribution < -0.4 is 0 Å². The summed E-state index contributed by atoms with van der Waals surface area (Å²) in [6.07, 6.45) is 1.30. The van der Waals surface area contributed by atoms with Gasteiger partial charge >= 0.3 is 0 Å². The molecule has 0 heterocycles. The van der Waals surface area contributed by atoms with Crippen LogP contribution in [-0.4, -0.2) is 12.7 Å². The Labute approximate surface area is 88.2 Å². The molecule has 13 heavy (non-hydrogen) atoms. The summed E-state index contributed by atoms with van der Waals surface area (Å²) in [6.45, 7) is 4.92. The molecule has 0 N–H and O–H groups in total. The van der Waals surface area contributed by atoms with Crippen molar-refractivity contribution in [3.63, 3.8) is 0 Å². The van der Waals surface area contributed by atoms with Crippen LogP contribution >= 0.6 is 15.9 Å². The van der Waals surface area contributed by atoms with Crippen molar-refractivity contribution in [2.45, 2.75) is 26.4 Å². The minimum absolute atomic E-state index is 0.311. The smallest absolute Gasteiger partial charge is 0.0587 e. The van der Waals surface area contributed by atoms with Crippen LogP contribution in [0.4, 0.5) is 0 Å². The average Bonchev–Trinajstić information content (AvgIpc) is 2.09. The van der Waals surface area contributed by atoms with Gasteiger partial charge in [-0.1, -0.05) is 28.1 Å². The third-order valence-corrected chi connectivity index (χ3v) is 2.42. The Hall–Kier alpha value is -0.340. The fraction of sp³-hybridized carbons (Fsp3) is 0.455. The standard InChI is InChI=1S/C11H15BrO/c1-3-13-9(2)8-10-4-6-11(12)7-5-10/h4-7,9H,3,8H2,1-2H3. The van der Waals surface area contributed by atoms with E-state index in [0.717, 1.165) is 17.5 Å². The predicted molar refractivity (Wildman–Crippen MR) is 58.9 cm³/mol. The zero-order valence-electron chi connectivity index (χ0n) is 8.09. The molecule has 2 heteroatoms. The number of hydrogen-bond acceptors (Lipinski definition) is 1. The molecule has 0 aliphatic carbocycles. The van der Waals surface area contributed by atoms with E-state index in [-0.39, 0.29) is 0 Å². The fourth-order valence-electron chi connectivity index (χ4n) is 1.30. The van der Waals surface area contributed by atoms with Gasteiger partial charge < -0.3 is 4.74 Å². The zero-order chi connectivity index (χ0) is 9.68. The van der Waals surface area contributed by atoms with Crippen molar-refractivity contribution in [1.82, 2.24) is 0 Å². The van der Waals surface area contributed by atoms with Crippen molar-refractivity contribution in [3.8, 4) is 0 Å². The van der Waals surface area contributed by atoms with E-state index < -0.39 is 0 Å². The highest BCUT2D eigenvalue weighted by Gasteiger charge is 2.01. The van der Waals surface area contributed by atoms with Gasteiger partial charge in [-0.05, 0) is 38.0 Å². The van der Waals surface area contributed by atoms with Gasteiger partial charge in [0.25, 0.3) is 0 Å². The van der Waals surface area contributed by atoms with Gasteiger partial charge in [0, 0.05) is 11.1 Å². The summed E-state index contributed by atoms with van der Waals surface area (Å²) in [5, 5.41) is 0. The second-order valence-electron chi connectivity index (χ2n) is 3.10. The van der Waals surface area contributed by atoms with Crippen LogP contribution in [0.1, 0.15) is 19.4 Å². The first-order valence-corrected chi connectivity index (χ1v) is 5.37. The maximum absolute atomic E-state index is 5.46. The summed E-state index contributed by atoms with van der Waals surface area (Å²) in [7, 11) is 0. The van der Waals surface area contributed by atoms with E-state index in [2.05, 4.69) is 47.1 Å². The van der Waals surface area contributed by atoms with Crippen molar-refractivity contribution < 1.29 is 4.74 Å². The molecule has 0 aliphatic rings. The van der Waals surface area contributed by atoms with Crippen LogP contribution in [0.5, 0.6) is 0 Å². The monoisotopic (exact) mass is 242 g/mol. The normalized spacial score (nSPS) is 12.8. The summed E-state index contributed by atoms with van der Waals surface area (Å²) >= 11 is 3.41. The van der Waals surface area contributed by atoms with Gasteiger partial charge in [0.1, 0.15) is 0 Å². The first-order valence-electron chi connectivity index (χ1n) is 4.58. The van der Waals surface area contributed by atoms with Crippen LogP contribution in [0, 0.1) is 0 Å². The average molecular weight is 243 g/mol. The van der Waals surface area contributed by atoms with Crippen LogP contribution in [0.2, 0.25) is 0 Å². The Bertz CT molecular complexity index is 243. The second kappa shape index (κ2) is 5.40. The Balaban J connectivity index is 2.49. The molecule has 1 nitrogen and oxygen atoms in total. The summed E-state index contributed by atoms with van der Waals surface area (Å²) < 4.78 is 6.59. The lowest BCUT2D eigenvalue weighted by molar-refractivity contribution is 0.0768. The van der Waals surface area contributed by atoms with E-state index in [9.17, 15) is 0 Å². The molecule has 0 aromatic heterocycles. The van der Waals surface area contributed by atoms with E-state index >= 15 is 0 Å². The lowest BCUT2D eigenvalue weighted by Crippen LogP contribution is -2.10. The quantitative estimate of drug-likeness (QED) is 0.787. The Morgan fingerprint density at radius 3 is 2.46 bits per heavy atom. The maximum atomic E-state index is 5.46. The zero-order valence-corrected chi connectivity index (χ0v) is 9.67. The van der Waals surface area contributed by atoms with Gasteiger partial charge in [0.15, 0.2) is 0 Å². The van der Waals surface area contributed by atoms with Crippen molar-refractivity contribution in [3.05, 3.63) is 34.3 Å². The van der Waals surface area contributed by atoms with Crippen molar-refractivity contribution in [2.75, 3.05) is 6.61 Å². The molecule has 0 saturated carbocycles. The van der Waals surface area contributed by atoms with E-state index in [1.807, 2.05) is 6.92 Å². The van der Waals surface area contributed by atoms with Crippen LogP contribution in [0.15, 0.2) is 28.7 Å². The molecule has 1 aromatic carbocycles. The van der Waals surface area contributed by atoms with E-state index in [0.29, 0.717) is 6.10 Å². The summed E-state index contributed by atoms with van der Waals surface area (Å²) in [5.41, 5.74) is 1.32. The topological polar surface area (TPSA) is 9.23 Å². The van der Waals surface area contributed by atoms with Gasteiger partial charge in [-0.2, -0.15) is 0 Å². The summed E-state index contributed by atoms with van der Waals surface area (Å²) in [6, 6.07) is 8.38. The maximum Gasteiger partial charge on any atom is 0.0587 e. The molecule has 0 spiro atoms. The minimum Gasteiger partial charge on any atom is -0.378 e. The third-order valence-electron chi connectivity index (χ3n) is 1.89. The Kier molecular flexibility index (Phi) is 4.46. The number of halogens is 1. The fourth-order valence-corrected chi connectivity index (χ4v) is 1.56. The van der Waals surface area contributed by atoms with Crippen LogP contribution in [0.25, 0.3) is 0 Å². The number of rotatable bonds is 4. The highest BCUT2D eigenvalue weighted by Crippen LogP contribution is 2.12. The van der Waals surface area contributed by atoms with Gasteiger partial charge in [-0.25, -0.2) is 0 Å². The SMILES string of the molecule is CCOC(C)Cc1ccc(Br)cc1. The van der Waals surface area contributed by atoms with Crippen molar-refractivity contribution >= 4 is 15.9 Å². The molecule has 72 valence electrons. The van der Waals surface area contributed by atoms with Gasteiger partial charge in [0.2, 0.25) is 0 Å². The molecule has 0 fully saturated rings. The highest BCUT2D eigenvalue weighted by atomic mass is 79.9. The van der Waals surface area contributed by atoms with Crippen LogP contribution in [0.3, 0.4) is 0 Å². The highest BCUT2D eigenvalue weighted by molar-refractivity contribution is 9.10. The lowest BCUT2D eigenvalue weighted by Gasteiger charge is -2.11. The van der Waals surface area contributed by atoms with E-state index in [1.54, 1.807) is 0 Å². The molecule has 0 aliphatic heterocycles. The van der Waals surface area contributed by atoms with E-state index in [1.165, 1.54) is 5.56 Å². The van der Waals surface area contributed by atoms with E-state index in [4.69, 9.17) is 4.74 Å². The third kappa shape index (κ3) is 3.92. The molecule has 1 aromatic rings. The second-order valence-corrected chi connectivity index (χ2v) is 4.01. The molecule has 1 rings (SSSR count). The lowest BCUT2D eigenvalue weighted by atomic mass is 10.1. The molecule has 1 atom stereocenters. The largest absolute Gasteiger partial charge is 0.378 e. The molecular weight excluding hydrogens is 228 g/mol. The predicted octanol–water partition coefficient (Wildman–Crippen LogP) is 3.42. The molecule has 0 radical (unpaired) electrons. The van der Waals surface area contributed by atoms with Crippen LogP contribution in [-0.2, 0) is 11.2 Å². The number of hydrogen-bond donors (Lipinski definition) is 0. The molecular formula is C11H15BrO. The first kappa shape index (κ1) is 10.7. The first-order chi connectivity index (χ1) is 6.22. The molecule has 0 bridgehead atoms. The van der Waals surface area contributed by atoms with Gasteiger partial charge in [-0.3, -0.25) is 0 Å². The van der Waals surface area contributed by atoms with Crippen molar-refractivity contribution in [1.29, 1.82) is 0 Å².